The average Bonchev–Trinajstić information content (AvgIpc) is 3.09. The van der Waals surface area contributed by atoms with E-state index in [9.17, 15) is 0 Å². The number of thiophene rings is 1. The van der Waals surface area contributed by atoms with Crippen molar-refractivity contribution >= 4 is 11.3 Å². The standard InChI is InChI=1S/C19H25NS/c1-15(18-13-8-14-21-18)20-19(16-9-4-2-5-10-16)17-11-6-3-7-12-17/h2,4-5,8-10,13-15,17,19-20H,3,6-7,11-12H2,1H3/t15-,19?/m1/s1. The summed E-state index contributed by atoms with van der Waals surface area (Å²) in [6.45, 7) is 2.30. The van der Waals surface area contributed by atoms with Crippen molar-refractivity contribution in [3.63, 3.8) is 0 Å². The first-order valence-corrected chi connectivity index (χ1v) is 9.07. The van der Waals surface area contributed by atoms with Crippen LogP contribution in [0.1, 0.15) is 61.6 Å². The Kier molecular flexibility index (Phi) is 5.10. The Morgan fingerprint density at radius 3 is 2.43 bits per heavy atom. The second kappa shape index (κ2) is 7.24. The fourth-order valence-electron chi connectivity index (χ4n) is 3.52. The summed E-state index contributed by atoms with van der Waals surface area (Å²) >= 11 is 1.85. The molecule has 1 unspecified atom stereocenters. The molecule has 1 heterocycles. The normalized spacial score (nSPS) is 19.3. The Labute approximate surface area is 132 Å². The van der Waals surface area contributed by atoms with E-state index < -0.39 is 0 Å². The van der Waals surface area contributed by atoms with Crippen molar-refractivity contribution in [2.24, 2.45) is 5.92 Å². The summed E-state index contributed by atoms with van der Waals surface area (Å²) in [5, 5.41) is 6.09. The first-order valence-electron chi connectivity index (χ1n) is 8.19. The summed E-state index contributed by atoms with van der Waals surface area (Å²) in [6.07, 6.45) is 6.93. The maximum Gasteiger partial charge on any atom is 0.0391 e. The van der Waals surface area contributed by atoms with E-state index >= 15 is 0 Å². The van der Waals surface area contributed by atoms with Gasteiger partial charge in [-0.05, 0) is 42.7 Å². The van der Waals surface area contributed by atoms with E-state index in [1.807, 2.05) is 11.3 Å². The van der Waals surface area contributed by atoms with Crippen molar-refractivity contribution in [2.45, 2.75) is 51.1 Å². The van der Waals surface area contributed by atoms with Crippen LogP contribution in [0.3, 0.4) is 0 Å². The molecule has 1 N–H and O–H groups in total. The lowest BCUT2D eigenvalue weighted by Crippen LogP contribution is -2.31. The Hall–Kier alpha value is -1.12. The number of hydrogen-bond donors (Lipinski definition) is 1. The minimum Gasteiger partial charge on any atom is -0.302 e. The van der Waals surface area contributed by atoms with Gasteiger partial charge in [0, 0.05) is 17.0 Å². The summed E-state index contributed by atoms with van der Waals surface area (Å²) in [4.78, 5) is 1.44. The fourth-order valence-corrected chi connectivity index (χ4v) is 4.27. The Balaban J connectivity index is 1.78. The molecule has 1 aromatic carbocycles. The highest BCUT2D eigenvalue weighted by Gasteiger charge is 2.26. The Morgan fingerprint density at radius 2 is 1.76 bits per heavy atom. The van der Waals surface area contributed by atoms with Crippen LogP contribution in [-0.2, 0) is 0 Å². The van der Waals surface area contributed by atoms with E-state index in [1.54, 1.807) is 0 Å². The van der Waals surface area contributed by atoms with Crippen LogP contribution < -0.4 is 5.32 Å². The van der Waals surface area contributed by atoms with Gasteiger partial charge >= 0.3 is 0 Å². The molecule has 0 radical (unpaired) electrons. The predicted octanol–water partition coefficient (Wildman–Crippen LogP) is 5.72. The molecular weight excluding hydrogens is 274 g/mol. The van der Waals surface area contributed by atoms with Crippen LogP contribution in [0, 0.1) is 5.92 Å². The molecule has 112 valence electrons. The van der Waals surface area contributed by atoms with Gasteiger partial charge in [0.25, 0.3) is 0 Å². The molecule has 1 aliphatic rings. The summed E-state index contributed by atoms with van der Waals surface area (Å²) in [6, 6.07) is 16.3. The van der Waals surface area contributed by atoms with Crippen molar-refractivity contribution in [1.29, 1.82) is 0 Å². The lowest BCUT2D eigenvalue weighted by Gasteiger charge is -2.33. The summed E-state index contributed by atoms with van der Waals surface area (Å²) in [5.74, 6) is 0.781. The molecule has 21 heavy (non-hydrogen) atoms. The number of benzene rings is 1. The number of hydrogen-bond acceptors (Lipinski definition) is 2. The van der Waals surface area contributed by atoms with Gasteiger partial charge in [-0.1, -0.05) is 55.7 Å². The van der Waals surface area contributed by atoms with Crippen LogP contribution in [0.5, 0.6) is 0 Å². The molecule has 1 fully saturated rings. The zero-order chi connectivity index (χ0) is 14.5. The summed E-state index contributed by atoms with van der Waals surface area (Å²) in [7, 11) is 0. The number of nitrogens with one attached hydrogen (secondary N) is 1. The van der Waals surface area contributed by atoms with Crippen molar-refractivity contribution in [1.82, 2.24) is 5.32 Å². The minimum atomic E-state index is 0.428. The second-order valence-electron chi connectivity index (χ2n) is 6.19. The van der Waals surface area contributed by atoms with Gasteiger partial charge in [0.05, 0.1) is 0 Å². The third-order valence-electron chi connectivity index (χ3n) is 4.68. The maximum absolute atomic E-state index is 3.92. The van der Waals surface area contributed by atoms with Gasteiger partial charge in [0.1, 0.15) is 0 Å². The smallest absolute Gasteiger partial charge is 0.0391 e. The molecule has 0 bridgehead atoms. The molecular formula is C19H25NS. The predicted molar refractivity (Wildman–Crippen MR) is 91.6 cm³/mol. The maximum atomic E-state index is 3.92. The van der Waals surface area contributed by atoms with E-state index in [0.29, 0.717) is 12.1 Å². The molecule has 1 nitrogen and oxygen atoms in total. The van der Waals surface area contributed by atoms with Gasteiger partial charge in [-0.25, -0.2) is 0 Å². The van der Waals surface area contributed by atoms with Gasteiger partial charge in [-0.15, -0.1) is 11.3 Å². The number of rotatable bonds is 5. The van der Waals surface area contributed by atoms with Crippen LogP contribution in [0.25, 0.3) is 0 Å². The monoisotopic (exact) mass is 299 g/mol. The van der Waals surface area contributed by atoms with Crippen molar-refractivity contribution in [2.75, 3.05) is 0 Å². The topological polar surface area (TPSA) is 12.0 Å². The van der Waals surface area contributed by atoms with Crippen molar-refractivity contribution in [3.8, 4) is 0 Å². The zero-order valence-electron chi connectivity index (χ0n) is 12.8. The van der Waals surface area contributed by atoms with E-state index in [-0.39, 0.29) is 0 Å². The van der Waals surface area contributed by atoms with Crippen LogP contribution in [0.2, 0.25) is 0 Å². The van der Waals surface area contributed by atoms with E-state index in [2.05, 4.69) is 60.1 Å². The van der Waals surface area contributed by atoms with Crippen LogP contribution in [-0.4, -0.2) is 0 Å². The van der Waals surface area contributed by atoms with Crippen LogP contribution >= 0.6 is 11.3 Å². The first-order chi connectivity index (χ1) is 10.3. The van der Waals surface area contributed by atoms with Crippen molar-refractivity contribution in [3.05, 3.63) is 58.3 Å². The molecule has 1 aromatic heterocycles. The third kappa shape index (κ3) is 3.75. The molecule has 0 saturated heterocycles. The molecule has 2 heteroatoms. The second-order valence-corrected chi connectivity index (χ2v) is 7.17. The molecule has 2 atom stereocenters. The molecule has 0 spiro atoms. The van der Waals surface area contributed by atoms with Gasteiger partial charge in [0.15, 0.2) is 0 Å². The van der Waals surface area contributed by atoms with Crippen LogP contribution in [0.15, 0.2) is 47.8 Å². The van der Waals surface area contributed by atoms with Crippen molar-refractivity contribution < 1.29 is 0 Å². The highest BCUT2D eigenvalue weighted by molar-refractivity contribution is 7.10. The van der Waals surface area contributed by atoms with Gasteiger partial charge in [-0.2, -0.15) is 0 Å². The van der Waals surface area contributed by atoms with E-state index in [4.69, 9.17) is 0 Å². The molecule has 3 rings (SSSR count). The molecule has 0 amide bonds. The Bertz CT molecular complexity index is 514. The van der Waals surface area contributed by atoms with Gasteiger partial charge in [-0.3, -0.25) is 0 Å². The average molecular weight is 299 g/mol. The summed E-state index contributed by atoms with van der Waals surface area (Å²) < 4.78 is 0. The highest BCUT2D eigenvalue weighted by atomic mass is 32.1. The van der Waals surface area contributed by atoms with E-state index in [0.717, 1.165) is 5.92 Å². The van der Waals surface area contributed by atoms with Gasteiger partial charge in [0.2, 0.25) is 0 Å². The highest BCUT2D eigenvalue weighted by Crippen LogP contribution is 2.36. The summed E-state index contributed by atoms with van der Waals surface area (Å²) in [5.41, 5.74) is 1.45. The minimum absolute atomic E-state index is 0.428. The largest absolute Gasteiger partial charge is 0.302 e. The lowest BCUT2D eigenvalue weighted by molar-refractivity contribution is 0.258. The first kappa shape index (κ1) is 14.8. The Morgan fingerprint density at radius 1 is 1.00 bits per heavy atom. The SMILES string of the molecule is C[C@@H](NC(c1ccccc1)C1CCCCC1)c1cccs1. The molecule has 1 saturated carbocycles. The molecule has 1 aliphatic carbocycles. The lowest BCUT2D eigenvalue weighted by atomic mass is 9.81. The third-order valence-corrected chi connectivity index (χ3v) is 5.73. The fraction of sp³-hybridized carbons (Fsp3) is 0.474. The van der Waals surface area contributed by atoms with E-state index in [1.165, 1.54) is 42.5 Å². The quantitative estimate of drug-likeness (QED) is 0.744. The van der Waals surface area contributed by atoms with Gasteiger partial charge < -0.3 is 5.32 Å². The van der Waals surface area contributed by atoms with Crippen LogP contribution in [0.4, 0.5) is 0 Å². The molecule has 0 aliphatic heterocycles. The zero-order valence-corrected chi connectivity index (χ0v) is 13.6. The molecule has 2 aromatic rings.